The number of para-hydroxylation sites is 1. The van der Waals surface area contributed by atoms with Crippen LogP contribution in [0.1, 0.15) is 47.2 Å². The highest BCUT2D eigenvalue weighted by molar-refractivity contribution is 5.95. The number of hydrogen-bond acceptors (Lipinski definition) is 4. The smallest absolute Gasteiger partial charge is 0.251 e. The molecule has 32 heavy (non-hydrogen) atoms. The lowest BCUT2D eigenvalue weighted by atomic mass is 9.96. The van der Waals surface area contributed by atoms with Crippen LogP contribution in [0.15, 0.2) is 54.7 Å². The summed E-state index contributed by atoms with van der Waals surface area (Å²) in [5, 5.41) is 13.3. The molecule has 166 valence electrons. The van der Waals surface area contributed by atoms with Crippen molar-refractivity contribution >= 4 is 22.7 Å². The number of carbonyl (C=O) groups excluding carboxylic acids is 2. The van der Waals surface area contributed by atoms with Crippen LogP contribution in [0.4, 0.5) is 0 Å². The number of fused-ring (bicyclic) bond motifs is 1. The molecule has 3 atom stereocenters. The number of aromatic nitrogens is 1. The van der Waals surface area contributed by atoms with E-state index in [0.29, 0.717) is 25.0 Å². The first kappa shape index (κ1) is 20.7. The lowest BCUT2D eigenvalue weighted by Gasteiger charge is -2.22. The van der Waals surface area contributed by atoms with Crippen molar-refractivity contribution in [3.8, 4) is 0 Å². The number of aromatic amines is 1. The van der Waals surface area contributed by atoms with Gasteiger partial charge in [0, 0.05) is 35.3 Å². The number of carbonyl (C=O) groups is 2. The predicted molar refractivity (Wildman–Crippen MR) is 119 cm³/mol. The summed E-state index contributed by atoms with van der Waals surface area (Å²) in [6.07, 6.45) is 5.71. The molecule has 5 rings (SSSR count). The molecule has 2 amide bonds. The first-order chi connectivity index (χ1) is 15.6. The molecule has 1 saturated carbocycles. The molecule has 2 aliphatic rings. The van der Waals surface area contributed by atoms with Crippen LogP contribution in [0.5, 0.6) is 0 Å². The van der Waals surface area contributed by atoms with Crippen molar-refractivity contribution in [3.63, 3.8) is 0 Å². The van der Waals surface area contributed by atoms with Crippen LogP contribution in [0.25, 0.3) is 10.9 Å². The average molecular weight is 434 g/mol. The predicted octanol–water partition coefficient (Wildman–Crippen LogP) is 3.32. The van der Waals surface area contributed by atoms with Crippen LogP contribution in [0.2, 0.25) is 0 Å². The van der Waals surface area contributed by atoms with Gasteiger partial charge >= 0.3 is 0 Å². The Morgan fingerprint density at radius 2 is 1.94 bits per heavy atom. The standard InChI is InChI=1S/C25H27N3O4/c29-23(27-22-14-25(10-3-11-32-25)13-20(22)24(30)28-31)17-8-6-16(7-9-17)12-18-15-26-21-5-2-1-4-19(18)21/h1-2,4-9,15,20,22,26,31H,3,10-14H2,(H,27,29)(H,28,30)/t20-,22+,25+/m0/s1. The van der Waals surface area contributed by atoms with Gasteiger partial charge in [-0.25, -0.2) is 5.48 Å². The van der Waals surface area contributed by atoms with Crippen molar-refractivity contribution in [2.75, 3.05) is 6.61 Å². The molecule has 2 heterocycles. The van der Waals surface area contributed by atoms with Crippen LogP contribution in [0.3, 0.4) is 0 Å². The van der Waals surface area contributed by atoms with Crippen LogP contribution in [-0.4, -0.2) is 40.3 Å². The maximum Gasteiger partial charge on any atom is 0.251 e. The fourth-order valence-corrected chi connectivity index (χ4v) is 5.28. The number of hydrogen-bond donors (Lipinski definition) is 4. The van der Waals surface area contributed by atoms with E-state index in [1.807, 2.05) is 42.6 Å². The number of nitrogens with one attached hydrogen (secondary N) is 3. The number of H-pyrrole nitrogens is 1. The third-order valence-electron chi connectivity index (χ3n) is 6.90. The largest absolute Gasteiger partial charge is 0.375 e. The molecule has 2 aromatic carbocycles. The summed E-state index contributed by atoms with van der Waals surface area (Å²) < 4.78 is 5.92. The van der Waals surface area contributed by atoms with Crippen LogP contribution in [0, 0.1) is 5.92 Å². The topological polar surface area (TPSA) is 103 Å². The summed E-state index contributed by atoms with van der Waals surface area (Å²) in [6, 6.07) is 15.4. The lowest BCUT2D eigenvalue weighted by molar-refractivity contribution is -0.134. The van der Waals surface area contributed by atoms with E-state index in [9.17, 15) is 9.59 Å². The van der Waals surface area contributed by atoms with E-state index in [4.69, 9.17) is 9.94 Å². The van der Waals surface area contributed by atoms with Gasteiger partial charge in [-0.05, 0) is 61.4 Å². The average Bonchev–Trinajstić information content (AvgIpc) is 3.53. The van der Waals surface area contributed by atoms with E-state index in [1.54, 1.807) is 5.48 Å². The van der Waals surface area contributed by atoms with Crippen LogP contribution < -0.4 is 10.8 Å². The van der Waals surface area contributed by atoms with Crippen LogP contribution >= 0.6 is 0 Å². The SMILES string of the molecule is O=C(N[C@@H]1C[C@@]2(CCCO2)C[C@@H]1C(=O)NO)c1ccc(Cc2c[nH]c3ccccc23)cc1. The normalized spacial score (nSPS) is 24.8. The molecule has 1 aromatic heterocycles. The molecule has 1 aliphatic carbocycles. The first-order valence-electron chi connectivity index (χ1n) is 11.1. The molecule has 1 spiro atoms. The van der Waals surface area contributed by atoms with Gasteiger partial charge in [-0.2, -0.15) is 0 Å². The summed E-state index contributed by atoms with van der Waals surface area (Å²) in [5.41, 5.74) is 5.35. The third-order valence-corrected chi connectivity index (χ3v) is 6.90. The van der Waals surface area contributed by atoms with Gasteiger partial charge in [-0.3, -0.25) is 14.8 Å². The molecule has 0 radical (unpaired) electrons. The van der Waals surface area contributed by atoms with Crippen molar-refractivity contribution in [2.24, 2.45) is 5.92 Å². The van der Waals surface area contributed by atoms with Gasteiger partial charge in [0.25, 0.3) is 5.91 Å². The zero-order valence-electron chi connectivity index (χ0n) is 17.8. The fourth-order valence-electron chi connectivity index (χ4n) is 5.28. The van der Waals surface area contributed by atoms with E-state index in [0.717, 1.165) is 30.3 Å². The second-order valence-electron chi connectivity index (χ2n) is 8.94. The Labute approximate surface area is 186 Å². The quantitative estimate of drug-likeness (QED) is 0.366. The van der Waals surface area contributed by atoms with Gasteiger partial charge < -0.3 is 15.0 Å². The maximum atomic E-state index is 12.9. The number of rotatable bonds is 5. The minimum absolute atomic E-state index is 0.223. The Morgan fingerprint density at radius 3 is 2.69 bits per heavy atom. The molecule has 7 heteroatoms. The van der Waals surface area contributed by atoms with E-state index in [1.165, 1.54) is 10.9 Å². The molecule has 0 unspecified atom stereocenters. The summed E-state index contributed by atoms with van der Waals surface area (Å²) in [7, 11) is 0. The highest BCUT2D eigenvalue weighted by Crippen LogP contribution is 2.44. The molecule has 4 N–H and O–H groups in total. The maximum absolute atomic E-state index is 12.9. The zero-order valence-corrected chi connectivity index (χ0v) is 17.8. The van der Waals surface area contributed by atoms with Crippen molar-refractivity contribution in [3.05, 3.63) is 71.4 Å². The monoisotopic (exact) mass is 433 g/mol. The number of hydroxylamine groups is 1. The Hall–Kier alpha value is -3.16. The number of amides is 2. The van der Waals surface area contributed by atoms with Gasteiger partial charge in [0.1, 0.15) is 0 Å². The molecule has 0 bridgehead atoms. The van der Waals surface area contributed by atoms with Crippen molar-refractivity contribution < 1.29 is 19.5 Å². The van der Waals surface area contributed by atoms with Crippen molar-refractivity contribution in [1.29, 1.82) is 0 Å². The third kappa shape index (κ3) is 3.89. The Balaban J connectivity index is 1.27. The minimum Gasteiger partial charge on any atom is -0.375 e. The van der Waals surface area contributed by atoms with Crippen molar-refractivity contribution in [1.82, 2.24) is 15.8 Å². The molecule has 1 saturated heterocycles. The molecule has 1 aliphatic heterocycles. The molecular weight excluding hydrogens is 406 g/mol. The fraction of sp³-hybridized carbons (Fsp3) is 0.360. The summed E-state index contributed by atoms with van der Waals surface area (Å²) in [6.45, 7) is 0.673. The second kappa shape index (κ2) is 8.41. The summed E-state index contributed by atoms with van der Waals surface area (Å²) in [5.74, 6) is -1.21. The Bertz CT molecular complexity index is 1130. The van der Waals surface area contributed by atoms with Gasteiger partial charge in [0.05, 0.1) is 11.5 Å². The van der Waals surface area contributed by atoms with Gasteiger partial charge in [0.15, 0.2) is 0 Å². The second-order valence-corrected chi connectivity index (χ2v) is 8.94. The van der Waals surface area contributed by atoms with Gasteiger partial charge in [-0.1, -0.05) is 30.3 Å². The summed E-state index contributed by atoms with van der Waals surface area (Å²) >= 11 is 0. The molecule has 2 fully saturated rings. The van der Waals surface area contributed by atoms with E-state index in [-0.39, 0.29) is 17.6 Å². The minimum atomic E-state index is -0.511. The van der Waals surface area contributed by atoms with Gasteiger partial charge in [0.2, 0.25) is 5.91 Å². The Kier molecular flexibility index (Phi) is 5.45. The molecule has 7 nitrogen and oxygen atoms in total. The lowest BCUT2D eigenvalue weighted by Crippen LogP contribution is -2.43. The highest BCUT2D eigenvalue weighted by Gasteiger charge is 2.51. The first-order valence-corrected chi connectivity index (χ1v) is 11.1. The summed E-state index contributed by atoms with van der Waals surface area (Å²) in [4.78, 5) is 28.4. The highest BCUT2D eigenvalue weighted by atomic mass is 16.5. The molecule has 3 aromatic rings. The Morgan fingerprint density at radius 1 is 1.12 bits per heavy atom. The van der Waals surface area contributed by atoms with E-state index >= 15 is 0 Å². The van der Waals surface area contributed by atoms with E-state index in [2.05, 4.69) is 22.4 Å². The van der Waals surface area contributed by atoms with E-state index < -0.39 is 11.8 Å². The molecular formula is C25H27N3O4. The van der Waals surface area contributed by atoms with Crippen molar-refractivity contribution in [2.45, 2.75) is 43.7 Å². The number of ether oxygens (including phenoxy) is 1. The zero-order chi connectivity index (χ0) is 22.1. The number of benzene rings is 2. The van der Waals surface area contributed by atoms with Gasteiger partial charge in [-0.15, -0.1) is 0 Å². The van der Waals surface area contributed by atoms with Crippen LogP contribution in [-0.2, 0) is 16.0 Å².